The Bertz CT molecular complexity index is 456. The van der Waals surface area contributed by atoms with Crippen LogP contribution in [0.3, 0.4) is 0 Å². The van der Waals surface area contributed by atoms with Gasteiger partial charge in [0.2, 0.25) is 11.8 Å². The Morgan fingerprint density at radius 1 is 1.09 bits per heavy atom. The second-order valence-electron chi connectivity index (χ2n) is 6.53. The van der Waals surface area contributed by atoms with Crippen molar-refractivity contribution in [2.75, 3.05) is 46.8 Å². The van der Waals surface area contributed by atoms with Crippen molar-refractivity contribution in [2.24, 2.45) is 5.92 Å². The molecule has 2 rings (SSSR count). The minimum absolute atomic E-state index is 0.0193. The van der Waals surface area contributed by atoms with Crippen LogP contribution >= 0.6 is 0 Å². The van der Waals surface area contributed by atoms with Gasteiger partial charge in [0.25, 0.3) is 0 Å². The zero-order valence-electron chi connectivity index (χ0n) is 13.9. The fourth-order valence-corrected chi connectivity index (χ4v) is 3.06. The first-order chi connectivity index (χ1) is 10.3. The van der Waals surface area contributed by atoms with Crippen LogP contribution in [0.1, 0.15) is 20.3 Å². The minimum Gasteiger partial charge on any atom is -0.339 e. The number of piperazine rings is 1. The van der Waals surface area contributed by atoms with Gasteiger partial charge in [-0.15, -0.1) is 0 Å². The molecule has 124 valence electrons. The summed E-state index contributed by atoms with van der Waals surface area (Å²) in [6, 6.07) is 0.119. The standard InChI is InChI=1S/C15H26N4O3/c1-11(2)19-10-12(9-13(19)20)14(21)17-5-7-18(8-6-17)15(22)16(3)4/h11-12H,5-10H2,1-4H3. The summed E-state index contributed by atoms with van der Waals surface area (Å²) in [5.41, 5.74) is 0. The lowest BCUT2D eigenvalue weighted by atomic mass is 10.1. The van der Waals surface area contributed by atoms with Crippen LogP contribution in [0.15, 0.2) is 0 Å². The van der Waals surface area contributed by atoms with Gasteiger partial charge in [-0.2, -0.15) is 0 Å². The Morgan fingerprint density at radius 2 is 1.64 bits per heavy atom. The second kappa shape index (κ2) is 6.54. The second-order valence-corrected chi connectivity index (χ2v) is 6.53. The van der Waals surface area contributed by atoms with Gasteiger partial charge < -0.3 is 19.6 Å². The molecule has 7 nitrogen and oxygen atoms in total. The van der Waals surface area contributed by atoms with Gasteiger partial charge in [0.15, 0.2) is 0 Å². The summed E-state index contributed by atoms with van der Waals surface area (Å²) >= 11 is 0. The first-order valence-corrected chi connectivity index (χ1v) is 7.85. The lowest BCUT2D eigenvalue weighted by molar-refractivity contribution is -0.137. The van der Waals surface area contributed by atoms with Gasteiger partial charge >= 0.3 is 6.03 Å². The third-order valence-corrected chi connectivity index (χ3v) is 4.38. The predicted octanol–water partition coefficient (Wildman–Crippen LogP) is 0.0691. The largest absolute Gasteiger partial charge is 0.339 e. The van der Waals surface area contributed by atoms with Crippen molar-refractivity contribution >= 4 is 17.8 Å². The molecule has 0 spiro atoms. The van der Waals surface area contributed by atoms with Gasteiger partial charge in [-0.05, 0) is 13.8 Å². The molecule has 0 N–H and O–H groups in total. The number of nitrogens with zero attached hydrogens (tertiary/aromatic N) is 4. The Hall–Kier alpha value is -1.79. The Labute approximate surface area is 131 Å². The van der Waals surface area contributed by atoms with Crippen molar-refractivity contribution in [1.29, 1.82) is 0 Å². The summed E-state index contributed by atoms with van der Waals surface area (Å²) < 4.78 is 0. The SMILES string of the molecule is CC(C)N1CC(C(=O)N2CCN(C(=O)N(C)C)CC2)CC1=O. The maximum absolute atomic E-state index is 12.6. The van der Waals surface area contributed by atoms with Crippen LogP contribution in [-0.4, -0.2) is 90.3 Å². The molecule has 22 heavy (non-hydrogen) atoms. The number of urea groups is 1. The van der Waals surface area contributed by atoms with Gasteiger partial charge in [0.05, 0.1) is 5.92 Å². The highest BCUT2D eigenvalue weighted by atomic mass is 16.2. The van der Waals surface area contributed by atoms with Crippen LogP contribution in [0.25, 0.3) is 0 Å². The van der Waals surface area contributed by atoms with E-state index in [1.54, 1.807) is 33.7 Å². The van der Waals surface area contributed by atoms with Gasteiger partial charge in [-0.1, -0.05) is 0 Å². The third-order valence-electron chi connectivity index (χ3n) is 4.38. The number of likely N-dealkylation sites (tertiary alicyclic amines) is 1. The number of amides is 4. The van der Waals surface area contributed by atoms with Crippen molar-refractivity contribution in [1.82, 2.24) is 19.6 Å². The topological polar surface area (TPSA) is 64.2 Å². The normalized spacial score (nSPS) is 22.5. The molecule has 0 aliphatic carbocycles. The van der Waals surface area contributed by atoms with Gasteiger partial charge in [0.1, 0.15) is 0 Å². The summed E-state index contributed by atoms with van der Waals surface area (Å²) in [6.45, 7) is 6.66. The number of hydrogen-bond acceptors (Lipinski definition) is 3. The minimum atomic E-state index is -0.231. The van der Waals surface area contributed by atoms with Gasteiger partial charge in [0, 0.05) is 59.3 Å². The van der Waals surface area contributed by atoms with Crippen LogP contribution in [0.4, 0.5) is 4.79 Å². The molecule has 2 heterocycles. The molecule has 0 radical (unpaired) electrons. The summed E-state index contributed by atoms with van der Waals surface area (Å²) in [7, 11) is 3.45. The van der Waals surface area contributed by atoms with Crippen molar-refractivity contribution in [3.8, 4) is 0 Å². The van der Waals surface area contributed by atoms with E-state index in [1.807, 2.05) is 13.8 Å². The van der Waals surface area contributed by atoms with Crippen LogP contribution in [-0.2, 0) is 9.59 Å². The van der Waals surface area contributed by atoms with Crippen molar-refractivity contribution in [2.45, 2.75) is 26.3 Å². The van der Waals surface area contributed by atoms with Crippen molar-refractivity contribution in [3.63, 3.8) is 0 Å². The van der Waals surface area contributed by atoms with E-state index >= 15 is 0 Å². The van der Waals surface area contributed by atoms with Crippen LogP contribution < -0.4 is 0 Å². The fourth-order valence-electron chi connectivity index (χ4n) is 3.06. The zero-order valence-corrected chi connectivity index (χ0v) is 13.9. The lowest BCUT2D eigenvalue weighted by Crippen LogP contribution is -2.54. The fraction of sp³-hybridized carbons (Fsp3) is 0.800. The predicted molar refractivity (Wildman–Crippen MR) is 82.2 cm³/mol. The van der Waals surface area contributed by atoms with E-state index in [9.17, 15) is 14.4 Å². The summed E-state index contributed by atoms with van der Waals surface area (Å²) in [5.74, 6) is -0.116. The van der Waals surface area contributed by atoms with E-state index in [-0.39, 0.29) is 29.8 Å². The molecule has 0 saturated carbocycles. The average molecular weight is 310 g/mol. The van der Waals surface area contributed by atoms with E-state index in [4.69, 9.17) is 0 Å². The summed E-state index contributed by atoms with van der Waals surface area (Å²) in [4.78, 5) is 43.2. The lowest BCUT2D eigenvalue weighted by Gasteiger charge is -2.37. The molecular weight excluding hydrogens is 284 g/mol. The molecule has 0 bridgehead atoms. The Morgan fingerprint density at radius 3 is 2.09 bits per heavy atom. The molecule has 4 amide bonds. The smallest absolute Gasteiger partial charge is 0.319 e. The van der Waals surface area contributed by atoms with Gasteiger partial charge in [-0.3, -0.25) is 9.59 Å². The number of rotatable bonds is 2. The highest BCUT2D eigenvalue weighted by Crippen LogP contribution is 2.22. The average Bonchev–Trinajstić information content (AvgIpc) is 2.88. The van der Waals surface area contributed by atoms with E-state index < -0.39 is 0 Å². The van der Waals surface area contributed by atoms with Crippen LogP contribution in [0.5, 0.6) is 0 Å². The summed E-state index contributed by atoms with van der Waals surface area (Å²) in [5, 5.41) is 0. The van der Waals surface area contributed by atoms with E-state index in [2.05, 4.69) is 0 Å². The summed E-state index contributed by atoms with van der Waals surface area (Å²) in [6.07, 6.45) is 0.313. The molecule has 7 heteroatoms. The number of carbonyl (C=O) groups excluding carboxylic acids is 3. The number of carbonyl (C=O) groups is 3. The van der Waals surface area contributed by atoms with Crippen molar-refractivity contribution < 1.29 is 14.4 Å². The van der Waals surface area contributed by atoms with E-state index in [0.717, 1.165) is 0 Å². The highest BCUT2D eigenvalue weighted by molar-refractivity contribution is 5.89. The molecule has 2 fully saturated rings. The van der Waals surface area contributed by atoms with Crippen LogP contribution in [0.2, 0.25) is 0 Å². The first-order valence-electron chi connectivity index (χ1n) is 7.85. The van der Waals surface area contributed by atoms with E-state index in [0.29, 0.717) is 39.1 Å². The molecule has 2 saturated heterocycles. The molecule has 1 unspecified atom stereocenters. The van der Waals surface area contributed by atoms with Gasteiger partial charge in [-0.25, -0.2) is 4.79 Å². The first kappa shape index (κ1) is 16.6. The molecule has 2 aliphatic heterocycles. The molecule has 0 aromatic carbocycles. The molecule has 2 aliphatic rings. The van der Waals surface area contributed by atoms with Crippen LogP contribution in [0, 0.1) is 5.92 Å². The maximum Gasteiger partial charge on any atom is 0.319 e. The monoisotopic (exact) mass is 310 g/mol. The zero-order chi connectivity index (χ0) is 16.4. The number of hydrogen-bond donors (Lipinski definition) is 0. The molecular formula is C15H26N4O3. The Kier molecular flexibility index (Phi) is 4.93. The highest BCUT2D eigenvalue weighted by Gasteiger charge is 2.38. The molecule has 0 aromatic rings. The quantitative estimate of drug-likeness (QED) is 0.725. The molecule has 1 atom stereocenters. The Balaban J connectivity index is 1.88. The van der Waals surface area contributed by atoms with Crippen molar-refractivity contribution in [3.05, 3.63) is 0 Å². The van der Waals surface area contributed by atoms with E-state index in [1.165, 1.54) is 0 Å². The third kappa shape index (κ3) is 3.34. The maximum atomic E-state index is 12.6. The molecule has 0 aromatic heterocycles.